The average molecular weight is 363 g/mol. The Morgan fingerprint density at radius 1 is 1.15 bits per heavy atom. The minimum atomic E-state index is -0.183. The second-order valence-electron chi connectivity index (χ2n) is 6.49. The molecular formula is C18H17N7O2. The predicted octanol–water partition coefficient (Wildman–Crippen LogP) is 3.41. The first kappa shape index (κ1) is 15.7. The number of fused-ring (bicyclic) bond motifs is 2. The van der Waals surface area contributed by atoms with Crippen LogP contribution in [0.5, 0.6) is 0 Å². The Morgan fingerprint density at radius 3 is 2.89 bits per heavy atom. The lowest BCUT2D eigenvalue weighted by Gasteiger charge is -2.27. The summed E-state index contributed by atoms with van der Waals surface area (Å²) in [7, 11) is 0. The Balaban J connectivity index is 1.80. The van der Waals surface area contributed by atoms with Crippen molar-refractivity contribution in [3.8, 4) is 0 Å². The number of aromatic amines is 1. The molecule has 0 saturated carbocycles. The zero-order valence-corrected chi connectivity index (χ0v) is 14.9. The van der Waals surface area contributed by atoms with Crippen molar-refractivity contribution < 1.29 is 9.05 Å². The van der Waals surface area contributed by atoms with Gasteiger partial charge in [-0.1, -0.05) is 25.5 Å². The van der Waals surface area contributed by atoms with Gasteiger partial charge in [0.2, 0.25) is 11.8 Å². The van der Waals surface area contributed by atoms with Crippen LogP contribution in [0.15, 0.2) is 39.1 Å². The molecule has 136 valence electrons. The van der Waals surface area contributed by atoms with E-state index in [-0.39, 0.29) is 5.92 Å². The normalized spacial score (nSPS) is 16.6. The van der Waals surface area contributed by atoms with Gasteiger partial charge in [-0.2, -0.15) is 5.10 Å². The molecule has 0 fully saturated rings. The summed E-state index contributed by atoms with van der Waals surface area (Å²) in [6.07, 6.45) is 3.67. The maximum Gasteiger partial charge on any atom is 0.246 e. The van der Waals surface area contributed by atoms with Crippen LogP contribution in [0.4, 0.5) is 5.82 Å². The van der Waals surface area contributed by atoms with Gasteiger partial charge in [0.25, 0.3) is 0 Å². The molecule has 9 nitrogen and oxygen atoms in total. The van der Waals surface area contributed by atoms with Crippen LogP contribution in [-0.4, -0.2) is 30.7 Å². The third-order valence-corrected chi connectivity index (χ3v) is 4.75. The quantitative estimate of drug-likeness (QED) is 0.566. The number of allylic oxidation sites excluding steroid dienone is 2. The monoisotopic (exact) mass is 363 g/mol. The van der Waals surface area contributed by atoms with Gasteiger partial charge in [0.1, 0.15) is 11.0 Å². The number of nitrogens with zero attached hydrogens (tertiary/aromatic N) is 5. The lowest BCUT2D eigenvalue weighted by Crippen LogP contribution is -2.18. The largest absolute Gasteiger partial charge is 0.421 e. The maximum atomic E-state index is 5.83. The molecule has 1 aliphatic heterocycles. The van der Waals surface area contributed by atoms with Crippen molar-refractivity contribution in [1.82, 2.24) is 30.7 Å². The van der Waals surface area contributed by atoms with Crippen molar-refractivity contribution in [3.05, 3.63) is 53.0 Å². The first-order valence-electron chi connectivity index (χ1n) is 8.81. The number of H-pyrrole nitrogens is 1. The molecule has 27 heavy (non-hydrogen) atoms. The van der Waals surface area contributed by atoms with E-state index in [2.05, 4.69) is 42.9 Å². The molecule has 5 rings (SSSR count). The van der Waals surface area contributed by atoms with Crippen molar-refractivity contribution in [3.63, 3.8) is 0 Å². The number of anilines is 1. The SMILES string of the molecule is CCCC1=C(c2nnc(C)o2)C(c2cccc3nonc23)c2c[nH]nc2N1. The highest BCUT2D eigenvalue weighted by molar-refractivity contribution is 5.87. The Morgan fingerprint density at radius 2 is 2.07 bits per heavy atom. The van der Waals surface area contributed by atoms with E-state index in [9.17, 15) is 0 Å². The van der Waals surface area contributed by atoms with Gasteiger partial charge in [0.05, 0.1) is 0 Å². The molecule has 0 saturated heterocycles. The van der Waals surface area contributed by atoms with Gasteiger partial charge in [-0.05, 0) is 28.4 Å². The smallest absolute Gasteiger partial charge is 0.246 e. The number of hydrogen-bond donors (Lipinski definition) is 2. The topological polar surface area (TPSA) is 119 Å². The van der Waals surface area contributed by atoms with Crippen LogP contribution in [-0.2, 0) is 0 Å². The number of aryl methyl sites for hydroxylation is 1. The number of benzene rings is 1. The van der Waals surface area contributed by atoms with E-state index in [0.29, 0.717) is 22.8 Å². The van der Waals surface area contributed by atoms with E-state index < -0.39 is 0 Å². The Hall–Kier alpha value is -3.49. The van der Waals surface area contributed by atoms with Gasteiger partial charge < -0.3 is 9.73 Å². The van der Waals surface area contributed by atoms with E-state index in [0.717, 1.165) is 41.1 Å². The lowest BCUT2D eigenvalue weighted by atomic mass is 9.81. The molecule has 1 aromatic carbocycles. The molecule has 0 bridgehead atoms. The second kappa shape index (κ2) is 6.04. The van der Waals surface area contributed by atoms with Crippen LogP contribution >= 0.6 is 0 Å². The molecule has 0 spiro atoms. The molecule has 4 aromatic rings. The van der Waals surface area contributed by atoms with Crippen LogP contribution in [0.2, 0.25) is 0 Å². The Bertz CT molecular complexity index is 1150. The minimum Gasteiger partial charge on any atom is -0.421 e. The highest BCUT2D eigenvalue weighted by Gasteiger charge is 2.36. The van der Waals surface area contributed by atoms with E-state index in [1.807, 2.05) is 24.4 Å². The second-order valence-corrected chi connectivity index (χ2v) is 6.49. The van der Waals surface area contributed by atoms with Crippen LogP contribution in [0.25, 0.3) is 16.6 Å². The van der Waals surface area contributed by atoms with Crippen molar-refractivity contribution >= 4 is 22.4 Å². The van der Waals surface area contributed by atoms with Crippen molar-refractivity contribution in [2.75, 3.05) is 5.32 Å². The number of aromatic nitrogens is 6. The third kappa shape index (κ3) is 2.42. The summed E-state index contributed by atoms with van der Waals surface area (Å²) in [5.41, 5.74) is 5.30. The zero-order valence-electron chi connectivity index (χ0n) is 14.9. The predicted molar refractivity (Wildman–Crippen MR) is 96.7 cm³/mol. The molecule has 3 aromatic heterocycles. The van der Waals surface area contributed by atoms with Crippen LogP contribution in [0, 0.1) is 6.92 Å². The molecule has 1 unspecified atom stereocenters. The van der Waals surface area contributed by atoms with Crippen LogP contribution in [0.3, 0.4) is 0 Å². The summed E-state index contributed by atoms with van der Waals surface area (Å²) < 4.78 is 10.8. The number of rotatable bonds is 4. The summed E-state index contributed by atoms with van der Waals surface area (Å²) in [6, 6.07) is 5.84. The van der Waals surface area contributed by atoms with E-state index in [4.69, 9.17) is 9.05 Å². The zero-order chi connectivity index (χ0) is 18.4. The summed E-state index contributed by atoms with van der Waals surface area (Å²) in [6.45, 7) is 3.91. The fourth-order valence-corrected chi connectivity index (χ4v) is 3.65. The number of hydrogen-bond acceptors (Lipinski definition) is 8. The van der Waals surface area contributed by atoms with Gasteiger partial charge in [0, 0.05) is 35.9 Å². The Labute approximate surface area is 153 Å². The summed E-state index contributed by atoms with van der Waals surface area (Å²) in [4.78, 5) is 0. The molecule has 1 atom stereocenters. The minimum absolute atomic E-state index is 0.183. The summed E-state index contributed by atoms with van der Waals surface area (Å²) in [5, 5.41) is 27.2. The standard InChI is InChI=1S/C18H17N7O2/c1-3-5-12-15(18-23-21-9(2)26-18)14(11-8-19-22-17(11)20-12)10-6-4-7-13-16(10)25-27-24-13/h4,6-8,14H,3,5H2,1-2H3,(H2,19,20,22). The summed E-state index contributed by atoms with van der Waals surface area (Å²) >= 11 is 0. The highest BCUT2D eigenvalue weighted by Crippen LogP contribution is 2.47. The molecular weight excluding hydrogens is 346 g/mol. The molecule has 0 amide bonds. The van der Waals surface area contributed by atoms with Gasteiger partial charge in [-0.25, -0.2) is 4.63 Å². The van der Waals surface area contributed by atoms with Gasteiger partial charge in [-0.3, -0.25) is 5.10 Å². The molecule has 9 heteroatoms. The van der Waals surface area contributed by atoms with E-state index in [1.54, 1.807) is 6.92 Å². The van der Waals surface area contributed by atoms with E-state index in [1.165, 1.54) is 0 Å². The first-order valence-corrected chi connectivity index (χ1v) is 8.81. The van der Waals surface area contributed by atoms with Crippen molar-refractivity contribution in [2.45, 2.75) is 32.6 Å². The average Bonchev–Trinajstić information content (AvgIpc) is 3.40. The van der Waals surface area contributed by atoms with Gasteiger partial charge >= 0.3 is 0 Å². The molecule has 2 N–H and O–H groups in total. The van der Waals surface area contributed by atoms with E-state index >= 15 is 0 Å². The molecule has 1 aliphatic rings. The molecule has 0 aliphatic carbocycles. The lowest BCUT2D eigenvalue weighted by molar-refractivity contribution is 0.315. The third-order valence-electron chi connectivity index (χ3n) is 4.75. The fourth-order valence-electron chi connectivity index (χ4n) is 3.65. The number of nitrogens with one attached hydrogen (secondary N) is 2. The summed E-state index contributed by atoms with van der Waals surface area (Å²) in [5.74, 6) is 1.62. The van der Waals surface area contributed by atoms with Crippen LogP contribution < -0.4 is 5.32 Å². The molecule has 0 radical (unpaired) electrons. The highest BCUT2D eigenvalue weighted by atomic mass is 16.6. The molecule has 4 heterocycles. The van der Waals surface area contributed by atoms with Crippen LogP contribution in [0.1, 0.15) is 48.6 Å². The fraction of sp³-hybridized carbons (Fsp3) is 0.278. The van der Waals surface area contributed by atoms with Gasteiger partial charge in [-0.15, -0.1) is 10.2 Å². The van der Waals surface area contributed by atoms with Crippen molar-refractivity contribution in [1.29, 1.82) is 0 Å². The Kier molecular flexibility index (Phi) is 3.52. The first-order chi connectivity index (χ1) is 13.3. The van der Waals surface area contributed by atoms with Gasteiger partial charge in [0.15, 0.2) is 5.82 Å². The van der Waals surface area contributed by atoms with Crippen molar-refractivity contribution in [2.24, 2.45) is 0 Å². The maximum absolute atomic E-state index is 5.83.